The van der Waals surface area contributed by atoms with Crippen LogP contribution in [-0.2, 0) is 19.6 Å². The average Bonchev–Trinajstić information content (AvgIpc) is 2.43. The summed E-state index contributed by atoms with van der Waals surface area (Å²) in [6.45, 7) is 1.54. The molecule has 0 bridgehead atoms. The summed E-state index contributed by atoms with van der Waals surface area (Å²) in [6.07, 6.45) is 0.0783. The van der Waals surface area contributed by atoms with Crippen molar-refractivity contribution in [2.24, 2.45) is 0 Å². The van der Waals surface area contributed by atoms with Gasteiger partial charge in [-0.15, -0.1) is 0 Å². The third-order valence-corrected chi connectivity index (χ3v) is 4.12. The molecule has 1 aromatic rings. The molecule has 1 rings (SSSR count). The highest BCUT2D eigenvalue weighted by atomic mass is 32.2. The zero-order chi connectivity index (χ0) is 15.3. The molecule has 20 heavy (non-hydrogen) atoms. The van der Waals surface area contributed by atoms with Crippen molar-refractivity contribution in [3.63, 3.8) is 0 Å². The predicted molar refractivity (Wildman–Crippen MR) is 69.8 cm³/mol. The minimum absolute atomic E-state index is 0.0783. The van der Waals surface area contributed by atoms with Crippen molar-refractivity contribution in [2.75, 3.05) is 7.11 Å². The number of hydrogen-bond donors (Lipinski definition) is 2. The monoisotopic (exact) mass is 301 g/mol. The predicted octanol–water partition coefficient (Wildman–Crippen LogP) is 0.615. The van der Waals surface area contributed by atoms with E-state index in [1.807, 2.05) is 4.72 Å². The minimum Gasteiger partial charge on any atom is -0.480 e. The van der Waals surface area contributed by atoms with Gasteiger partial charge >= 0.3 is 11.9 Å². The number of aliphatic carboxylic acids is 1. The molecule has 110 valence electrons. The summed E-state index contributed by atoms with van der Waals surface area (Å²) >= 11 is 0. The van der Waals surface area contributed by atoms with Crippen LogP contribution in [0.5, 0.6) is 0 Å². The lowest BCUT2D eigenvalue weighted by Crippen LogP contribution is -2.40. The van der Waals surface area contributed by atoms with Crippen LogP contribution in [0.2, 0.25) is 0 Å². The van der Waals surface area contributed by atoms with Gasteiger partial charge in [0.1, 0.15) is 6.04 Å². The van der Waals surface area contributed by atoms with Gasteiger partial charge < -0.3 is 9.84 Å². The maximum absolute atomic E-state index is 12.2. The summed E-state index contributed by atoms with van der Waals surface area (Å²) in [5.41, 5.74) is -0.150. The zero-order valence-electron chi connectivity index (χ0n) is 11.0. The Morgan fingerprint density at radius 1 is 1.35 bits per heavy atom. The maximum Gasteiger partial charge on any atom is 0.339 e. The number of methoxy groups -OCH3 is 1. The number of nitrogens with one attached hydrogen (secondary N) is 1. The summed E-state index contributed by atoms with van der Waals surface area (Å²) in [4.78, 5) is 22.1. The molecule has 0 aliphatic carbocycles. The Kier molecular flexibility index (Phi) is 5.23. The highest BCUT2D eigenvalue weighted by Gasteiger charge is 2.27. The molecule has 1 atom stereocenters. The van der Waals surface area contributed by atoms with Crippen LogP contribution in [0.25, 0.3) is 0 Å². The first-order valence-corrected chi connectivity index (χ1v) is 7.24. The second-order valence-corrected chi connectivity index (χ2v) is 5.59. The van der Waals surface area contributed by atoms with Gasteiger partial charge in [0.15, 0.2) is 0 Å². The van der Waals surface area contributed by atoms with Gasteiger partial charge in [0.2, 0.25) is 10.0 Å². The van der Waals surface area contributed by atoms with Gasteiger partial charge in [-0.25, -0.2) is 13.2 Å². The molecule has 1 aromatic carbocycles. The largest absolute Gasteiger partial charge is 0.480 e. The van der Waals surface area contributed by atoms with Crippen molar-refractivity contribution in [3.8, 4) is 0 Å². The zero-order valence-corrected chi connectivity index (χ0v) is 11.8. The van der Waals surface area contributed by atoms with Gasteiger partial charge in [-0.2, -0.15) is 4.72 Å². The van der Waals surface area contributed by atoms with E-state index in [1.54, 1.807) is 0 Å². The van der Waals surface area contributed by atoms with E-state index in [1.165, 1.54) is 31.2 Å². The number of rotatable bonds is 6. The fourth-order valence-electron chi connectivity index (χ4n) is 1.54. The number of carbonyl (C=O) groups is 2. The quantitative estimate of drug-likeness (QED) is 0.745. The maximum atomic E-state index is 12.2. The van der Waals surface area contributed by atoms with Crippen LogP contribution < -0.4 is 4.72 Å². The first kappa shape index (κ1) is 16.1. The highest BCUT2D eigenvalue weighted by Crippen LogP contribution is 2.17. The molecule has 0 saturated heterocycles. The van der Waals surface area contributed by atoms with Crippen LogP contribution in [0.15, 0.2) is 29.2 Å². The third-order valence-electron chi connectivity index (χ3n) is 2.59. The van der Waals surface area contributed by atoms with Crippen molar-refractivity contribution < 1.29 is 27.9 Å². The van der Waals surface area contributed by atoms with Gasteiger partial charge in [0, 0.05) is 0 Å². The van der Waals surface area contributed by atoms with Crippen LogP contribution in [0.1, 0.15) is 23.7 Å². The van der Waals surface area contributed by atoms with Crippen molar-refractivity contribution in [3.05, 3.63) is 29.8 Å². The average molecular weight is 301 g/mol. The molecular formula is C12H15NO6S. The molecule has 0 heterocycles. The molecule has 2 N–H and O–H groups in total. The van der Waals surface area contributed by atoms with Crippen molar-refractivity contribution in [1.82, 2.24) is 4.72 Å². The van der Waals surface area contributed by atoms with E-state index in [9.17, 15) is 18.0 Å². The summed E-state index contributed by atoms with van der Waals surface area (Å²) in [6, 6.07) is 4.17. The number of esters is 1. The van der Waals surface area contributed by atoms with Crippen LogP contribution in [-0.4, -0.2) is 38.6 Å². The molecule has 0 aliphatic heterocycles. The molecule has 0 radical (unpaired) electrons. The first-order chi connectivity index (χ1) is 9.33. The Balaban J connectivity index is 3.23. The number of benzene rings is 1. The molecule has 8 heteroatoms. The van der Waals surface area contributed by atoms with E-state index in [0.29, 0.717) is 0 Å². The number of carbonyl (C=O) groups excluding carboxylic acids is 1. The smallest absolute Gasteiger partial charge is 0.339 e. The lowest BCUT2D eigenvalue weighted by molar-refractivity contribution is -0.139. The van der Waals surface area contributed by atoms with Crippen molar-refractivity contribution in [1.29, 1.82) is 0 Å². The van der Waals surface area contributed by atoms with E-state index in [-0.39, 0.29) is 16.9 Å². The molecule has 0 spiro atoms. The molecule has 0 amide bonds. The van der Waals surface area contributed by atoms with E-state index < -0.39 is 28.0 Å². The lowest BCUT2D eigenvalue weighted by Gasteiger charge is -2.14. The summed E-state index contributed by atoms with van der Waals surface area (Å²) in [7, 11) is -3.00. The Labute approximate surface area is 116 Å². The van der Waals surface area contributed by atoms with Gasteiger partial charge in [-0.1, -0.05) is 19.1 Å². The van der Waals surface area contributed by atoms with Gasteiger partial charge in [0.25, 0.3) is 0 Å². The fraction of sp³-hybridized carbons (Fsp3) is 0.333. The molecule has 0 aliphatic rings. The Morgan fingerprint density at radius 3 is 2.45 bits per heavy atom. The van der Waals surface area contributed by atoms with Crippen LogP contribution in [0.4, 0.5) is 0 Å². The van der Waals surface area contributed by atoms with Crippen LogP contribution in [0, 0.1) is 0 Å². The molecule has 0 aromatic heterocycles. The van der Waals surface area contributed by atoms with Gasteiger partial charge in [-0.05, 0) is 18.6 Å². The third kappa shape index (κ3) is 3.55. The standard InChI is InChI=1S/C12H15NO6S/c1-3-9(11(14)15)13-20(17,18)10-7-5-4-6-8(10)12(16)19-2/h4-7,9,13H,3H2,1-2H3,(H,14,15)/t9-/m0/s1. The van der Waals surface area contributed by atoms with Crippen molar-refractivity contribution in [2.45, 2.75) is 24.3 Å². The van der Waals surface area contributed by atoms with E-state index >= 15 is 0 Å². The summed E-state index contributed by atoms with van der Waals surface area (Å²) < 4.78 is 30.9. The fourth-order valence-corrected chi connectivity index (χ4v) is 3.01. The Morgan fingerprint density at radius 2 is 1.95 bits per heavy atom. The van der Waals surface area contributed by atoms with E-state index in [2.05, 4.69) is 4.74 Å². The van der Waals surface area contributed by atoms with Crippen molar-refractivity contribution >= 4 is 22.0 Å². The minimum atomic E-state index is -4.13. The molecule has 0 fully saturated rings. The number of carboxylic acids is 1. The normalized spacial score (nSPS) is 12.7. The van der Waals surface area contributed by atoms with Gasteiger partial charge in [-0.3, -0.25) is 4.79 Å². The Bertz CT molecular complexity index is 610. The molecule has 0 unspecified atom stereocenters. The molecule has 0 saturated carbocycles. The topological polar surface area (TPSA) is 110 Å². The first-order valence-electron chi connectivity index (χ1n) is 5.76. The van der Waals surface area contributed by atoms with E-state index in [4.69, 9.17) is 5.11 Å². The number of ether oxygens (including phenoxy) is 1. The molecule has 7 nitrogen and oxygen atoms in total. The second kappa shape index (κ2) is 6.49. The number of hydrogen-bond acceptors (Lipinski definition) is 5. The summed E-state index contributed by atoms with van der Waals surface area (Å²) in [5.74, 6) is -2.10. The SMILES string of the molecule is CC[C@H](NS(=O)(=O)c1ccccc1C(=O)OC)C(=O)O. The van der Waals surface area contributed by atoms with Crippen LogP contribution >= 0.6 is 0 Å². The number of sulfonamides is 1. The van der Waals surface area contributed by atoms with Crippen LogP contribution in [0.3, 0.4) is 0 Å². The molecular weight excluding hydrogens is 286 g/mol. The van der Waals surface area contributed by atoms with Gasteiger partial charge in [0.05, 0.1) is 17.6 Å². The summed E-state index contributed by atoms with van der Waals surface area (Å²) in [5, 5.41) is 8.89. The number of carboxylic acid groups (broad SMARTS) is 1. The lowest BCUT2D eigenvalue weighted by atomic mass is 10.2. The van der Waals surface area contributed by atoms with E-state index in [0.717, 1.165) is 7.11 Å². The highest BCUT2D eigenvalue weighted by molar-refractivity contribution is 7.89. The Hall–Kier alpha value is -1.93. The second-order valence-electron chi connectivity index (χ2n) is 3.91.